The topological polar surface area (TPSA) is 75.4 Å². The van der Waals surface area contributed by atoms with Gasteiger partial charge >= 0.3 is 0 Å². The number of nitrogen functional groups attached to an aromatic ring is 1. The number of likely N-dealkylation sites (N-methyl/N-ethyl adjacent to an activating group) is 1. The van der Waals surface area contributed by atoms with Crippen molar-refractivity contribution >= 4 is 17.5 Å². The summed E-state index contributed by atoms with van der Waals surface area (Å²) in [5.74, 6) is 0.194. The molecule has 0 atom stereocenters. The van der Waals surface area contributed by atoms with E-state index in [9.17, 15) is 9.59 Å². The van der Waals surface area contributed by atoms with Gasteiger partial charge in [0.25, 0.3) is 5.91 Å². The molecular weight excluding hydrogens is 254 g/mol. The molecule has 5 nitrogen and oxygen atoms in total. The van der Waals surface area contributed by atoms with Crippen LogP contribution >= 0.6 is 0 Å². The quantitative estimate of drug-likeness (QED) is 0.774. The summed E-state index contributed by atoms with van der Waals surface area (Å²) in [6, 6.07) is 6.59. The SMILES string of the molecule is CC(C)CCN(C)C(=O)CNC(=O)c1ccc(N)cc1. The zero-order valence-corrected chi connectivity index (χ0v) is 12.3. The van der Waals surface area contributed by atoms with Crippen LogP contribution < -0.4 is 11.1 Å². The molecule has 0 aliphatic heterocycles. The van der Waals surface area contributed by atoms with Gasteiger partial charge in [-0.05, 0) is 36.6 Å². The van der Waals surface area contributed by atoms with Gasteiger partial charge in [0.2, 0.25) is 5.91 Å². The normalized spacial score (nSPS) is 10.4. The number of hydrogen-bond acceptors (Lipinski definition) is 3. The number of carbonyl (C=O) groups excluding carboxylic acids is 2. The van der Waals surface area contributed by atoms with Gasteiger partial charge in [-0.1, -0.05) is 13.8 Å². The fraction of sp³-hybridized carbons (Fsp3) is 0.467. The fourth-order valence-electron chi connectivity index (χ4n) is 1.60. The number of rotatable bonds is 6. The van der Waals surface area contributed by atoms with Gasteiger partial charge in [0.05, 0.1) is 6.54 Å². The van der Waals surface area contributed by atoms with Crippen molar-refractivity contribution in [2.24, 2.45) is 5.92 Å². The molecule has 0 spiro atoms. The Kier molecular flexibility index (Phi) is 6.03. The van der Waals surface area contributed by atoms with Crippen LogP contribution in [0.25, 0.3) is 0 Å². The van der Waals surface area contributed by atoms with Gasteiger partial charge in [0, 0.05) is 24.8 Å². The number of carbonyl (C=O) groups is 2. The van der Waals surface area contributed by atoms with E-state index in [-0.39, 0.29) is 18.4 Å². The highest BCUT2D eigenvalue weighted by Crippen LogP contribution is 2.05. The van der Waals surface area contributed by atoms with E-state index in [1.165, 1.54) is 0 Å². The van der Waals surface area contributed by atoms with Crippen molar-refractivity contribution in [3.05, 3.63) is 29.8 Å². The van der Waals surface area contributed by atoms with Gasteiger partial charge < -0.3 is 16.0 Å². The first-order valence-corrected chi connectivity index (χ1v) is 6.78. The molecule has 3 N–H and O–H groups in total. The second-order valence-corrected chi connectivity index (χ2v) is 5.30. The van der Waals surface area contributed by atoms with Crippen LogP contribution in [0.1, 0.15) is 30.6 Å². The van der Waals surface area contributed by atoms with Gasteiger partial charge in [0.1, 0.15) is 0 Å². The average Bonchev–Trinajstić information content (AvgIpc) is 2.42. The highest BCUT2D eigenvalue weighted by Gasteiger charge is 2.11. The van der Waals surface area contributed by atoms with E-state index in [0.717, 1.165) is 6.42 Å². The van der Waals surface area contributed by atoms with Crippen LogP contribution in [0, 0.1) is 5.92 Å². The van der Waals surface area contributed by atoms with Crippen molar-refractivity contribution in [2.45, 2.75) is 20.3 Å². The number of amides is 2. The minimum atomic E-state index is -0.268. The number of anilines is 1. The Morgan fingerprint density at radius 3 is 2.40 bits per heavy atom. The molecule has 0 unspecified atom stereocenters. The molecule has 0 saturated heterocycles. The summed E-state index contributed by atoms with van der Waals surface area (Å²) in [7, 11) is 1.75. The molecule has 0 bridgehead atoms. The van der Waals surface area contributed by atoms with Crippen LogP contribution in [0.2, 0.25) is 0 Å². The van der Waals surface area contributed by atoms with Gasteiger partial charge in [-0.15, -0.1) is 0 Å². The Balaban J connectivity index is 2.40. The minimum Gasteiger partial charge on any atom is -0.399 e. The summed E-state index contributed by atoms with van der Waals surface area (Å²) in [5.41, 5.74) is 6.65. The lowest BCUT2D eigenvalue weighted by atomic mass is 10.1. The third-order valence-corrected chi connectivity index (χ3v) is 3.04. The monoisotopic (exact) mass is 277 g/mol. The van der Waals surface area contributed by atoms with E-state index >= 15 is 0 Å². The highest BCUT2D eigenvalue weighted by molar-refractivity contribution is 5.96. The van der Waals surface area contributed by atoms with E-state index in [2.05, 4.69) is 19.2 Å². The maximum absolute atomic E-state index is 11.8. The minimum absolute atomic E-state index is 0.0117. The molecule has 2 amide bonds. The van der Waals surface area contributed by atoms with Crippen LogP contribution in [0.4, 0.5) is 5.69 Å². The van der Waals surface area contributed by atoms with Gasteiger partial charge in [-0.3, -0.25) is 9.59 Å². The highest BCUT2D eigenvalue weighted by atomic mass is 16.2. The Morgan fingerprint density at radius 1 is 1.25 bits per heavy atom. The maximum Gasteiger partial charge on any atom is 0.251 e. The summed E-state index contributed by atoms with van der Waals surface area (Å²) >= 11 is 0. The second kappa shape index (κ2) is 7.53. The molecule has 0 heterocycles. The van der Waals surface area contributed by atoms with E-state index in [1.54, 1.807) is 36.2 Å². The van der Waals surface area contributed by atoms with Crippen LogP contribution in [0.5, 0.6) is 0 Å². The molecule has 20 heavy (non-hydrogen) atoms. The molecule has 0 saturated carbocycles. The van der Waals surface area contributed by atoms with Crippen molar-refractivity contribution in [3.63, 3.8) is 0 Å². The zero-order chi connectivity index (χ0) is 15.1. The van der Waals surface area contributed by atoms with Crippen molar-refractivity contribution in [1.29, 1.82) is 0 Å². The predicted octanol–water partition coefficient (Wildman–Crippen LogP) is 1.50. The molecule has 0 aromatic heterocycles. The Hall–Kier alpha value is -2.04. The standard InChI is InChI=1S/C15H23N3O2/c1-11(2)8-9-18(3)14(19)10-17-15(20)12-4-6-13(16)7-5-12/h4-7,11H,8-10,16H2,1-3H3,(H,17,20). The smallest absolute Gasteiger partial charge is 0.251 e. The number of benzene rings is 1. The van der Waals surface area contributed by atoms with Crippen LogP contribution in [-0.4, -0.2) is 36.9 Å². The third-order valence-electron chi connectivity index (χ3n) is 3.04. The van der Waals surface area contributed by atoms with Crippen molar-refractivity contribution in [2.75, 3.05) is 25.9 Å². The number of nitrogens with zero attached hydrogens (tertiary/aromatic N) is 1. The maximum atomic E-state index is 11.8. The first kappa shape index (κ1) is 16.0. The number of nitrogens with one attached hydrogen (secondary N) is 1. The van der Waals surface area contributed by atoms with Crippen LogP contribution in [0.3, 0.4) is 0 Å². The molecule has 110 valence electrons. The Morgan fingerprint density at radius 2 is 1.85 bits per heavy atom. The lowest BCUT2D eigenvalue weighted by molar-refractivity contribution is -0.128. The first-order chi connectivity index (χ1) is 9.40. The molecular formula is C15H23N3O2. The molecule has 5 heteroatoms. The molecule has 0 radical (unpaired) electrons. The number of nitrogens with two attached hydrogens (primary N) is 1. The van der Waals surface area contributed by atoms with E-state index in [4.69, 9.17) is 5.73 Å². The van der Waals surface area contributed by atoms with E-state index < -0.39 is 0 Å². The average molecular weight is 277 g/mol. The summed E-state index contributed by atoms with van der Waals surface area (Å²) in [5, 5.41) is 2.62. The van der Waals surface area contributed by atoms with Crippen molar-refractivity contribution in [1.82, 2.24) is 10.2 Å². The van der Waals surface area contributed by atoms with Gasteiger partial charge in [-0.25, -0.2) is 0 Å². The summed E-state index contributed by atoms with van der Waals surface area (Å²) in [6.07, 6.45) is 0.953. The molecule has 0 aliphatic carbocycles. The lowest BCUT2D eigenvalue weighted by Crippen LogP contribution is -2.38. The molecule has 0 fully saturated rings. The summed E-state index contributed by atoms with van der Waals surface area (Å²) in [6.45, 7) is 4.94. The molecule has 1 aromatic rings. The predicted molar refractivity (Wildman–Crippen MR) is 80.3 cm³/mol. The Bertz CT molecular complexity index is 455. The van der Waals surface area contributed by atoms with Crippen LogP contribution in [0.15, 0.2) is 24.3 Å². The van der Waals surface area contributed by atoms with E-state index in [1.807, 2.05) is 0 Å². The Labute approximate surface area is 120 Å². The first-order valence-electron chi connectivity index (χ1n) is 6.78. The zero-order valence-electron chi connectivity index (χ0n) is 12.3. The summed E-state index contributed by atoms with van der Waals surface area (Å²) in [4.78, 5) is 25.3. The largest absolute Gasteiger partial charge is 0.399 e. The van der Waals surface area contributed by atoms with Gasteiger partial charge in [0.15, 0.2) is 0 Å². The molecule has 1 aromatic carbocycles. The van der Waals surface area contributed by atoms with Crippen molar-refractivity contribution < 1.29 is 9.59 Å². The third kappa shape index (κ3) is 5.30. The van der Waals surface area contributed by atoms with E-state index in [0.29, 0.717) is 23.7 Å². The fourth-order valence-corrected chi connectivity index (χ4v) is 1.60. The summed E-state index contributed by atoms with van der Waals surface area (Å²) < 4.78 is 0. The number of hydrogen-bond donors (Lipinski definition) is 2. The molecule has 0 aliphatic rings. The van der Waals surface area contributed by atoms with Crippen LogP contribution in [-0.2, 0) is 4.79 Å². The molecule has 1 rings (SSSR count). The lowest BCUT2D eigenvalue weighted by Gasteiger charge is -2.18. The van der Waals surface area contributed by atoms with Gasteiger partial charge in [-0.2, -0.15) is 0 Å². The van der Waals surface area contributed by atoms with Crippen molar-refractivity contribution in [3.8, 4) is 0 Å². The second-order valence-electron chi connectivity index (χ2n) is 5.30.